The van der Waals surface area contributed by atoms with Gasteiger partial charge in [-0.05, 0) is 58.3 Å². The Kier molecular flexibility index (Phi) is 8.99. The van der Waals surface area contributed by atoms with E-state index in [1.165, 1.54) is 12.8 Å². The third-order valence-electron chi connectivity index (χ3n) is 4.38. The molecule has 0 bridgehead atoms. The Bertz CT molecular complexity index is 271. The van der Waals surface area contributed by atoms with Crippen molar-refractivity contribution in [1.82, 2.24) is 10.2 Å². The van der Waals surface area contributed by atoms with E-state index in [-0.39, 0.29) is 36.6 Å². The van der Waals surface area contributed by atoms with Gasteiger partial charge in [0.15, 0.2) is 0 Å². The highest BCUT2D eigenvalue weighted by Gasteiger charge is 2.30. The van der Waals surface area contributed by atoms with Gasteiger partial charge in [0.1, 0.15) is 0 Å². The quantitative estimate of drug-likeness (QED) is 0.828. The Morgan fingerprint density at radius 1 is 1.21 bits per heavy atom. The van der Waals surface area contributed by atoms with Crippen molar-refractivity contribution in [2.75, 3.05) is 26.7 Å². The lowest BCUT2D eigenvalue weighted by Gasteiger charge is -2.29. The first-order chi connectivity index (χ1) is 8.20. The number of likely N-dealkylation sites (tertiary alicyclic amines) is 1. The molecule has 3 N–H and O–H groups in total. The molecule has 1 heterocycles. The van der Waals surface area contributed by atoms with Crippen LogP contribution in [0.25, 0.3) is 0 Å². The van der Waals surface area contributed by atoms with Gasteiger partial charge in [-0.2, -0.15) is 0 Å². The zero-order valence-corrected chi connectivity index (χ0v) is 13.3. The van der Waals surface area contributed by atoms with Crippen molar-refractivity contribution in [2.24, 2.45) is 17.6 Å². The molecule has 1 aliphatic carbocycles. The standard InChI is InChI=1S/C13H25N3O.2ClH/c1-16-7-5-10(6-8-16)13(17)15-12-4-2-3-11(12)9-14;;/h10-12H,2-9,14H2,1H3,(H,15,17);2*1H. The Morgan fingerprint density at radius 3 is 2.42 bits per heavy atom. The van der Waals surface area contributed by atoms with Crippen LogP contribution >= 0.6 is 24.8 Å². The molecule has 4 nitrogen and oxygen atoms in total. The molecule has 1 aliphatic heterocycles. The normalized spacial score (nSPS) is 28.3. The lowest BCUT2D eigenvalue weighted by Crippen LogP contribution is -2.45. The number of halogens is 2. The second-order valence-corrected chi connectivity index (χ2v) is 5.62. The zero-order chi connectivity index (χ0) is 12.3. The third-order valence-corrected chi connectivity index (χ3v) is 4.38. The van der Waals surface area contributed by atoms with Crippen LogP contribution in [-0.4, -0.2) is 43.5 Å². The van der Waals surface area contributed by atoms with E-state index in [0.29, 0.717) is 18.5 Å². The summed E-state index contributed by atoms with van der Waals surface area (Å²) in [5.41, 5.74) is 5.74. The lowest BCUT2D eigenvalue weighted by molar-refractivity contribution is -0.127. The van der Waals surface area contributed by atoms with E-state index in [1.54, 1.807) is 0 Å². The van der Waals surface area contributed by atoms with Crippen molar-refractivity contribution >= 4 is 30.7 Å². The Hall–Kier alpha value is -0.0300. The number of hydrogen-bond donors (Lipinski definition) is 2. The van der Waals surface area contributed by atoms with Gasteiger partial charge in [-0.25, -0.2) is 0 Å². The highest BCUT2D eigenvalue weighted by Crippen LogP contribution is 2.25. The monoisotopic (exact) mass is 311 g/mol. The van der Waals surface area contributed by atoms with E-state index in [1.807, 2.05) is 0 Å². The van der Waals surface area contributed by atoms with Crippen LogP contribution in [0.4, 0.5) is 0 Å². The predicted molar refractivity (Wildman–Crippen MR) is 83.0 cm³/mol. The summed E-state index contributed by atoms with van der Waals surface area (Å²) < 4.78 is 0. The van der Waals surface area contributed by atoms with Crippen molar-refractivity contribution in [1.29, 1.82) is 0 Å². The predicted octanol–water partition coefficient (Wildman–Crippen LogP) is 1.42. The maximum atomic E-state index is 12.2. The lowest BCUT2D eigenvalue weighted by atomic mass is 9.95. The van der Waals surface area contributed by atoms with E-state index >= 15 is 0 Å². The van der Waals surface area contributed by atoms with Gasteiger partial charge in [0, 0.05) is 12.0 Å². The van der Waals surface area contributed by atoms with Gasteiger partial charge in [0.2, 0.25) is 5.91 Å². The summed E-state index contributed by atoms with van der Waals surface area (Å²) in [6.07, 6.45) is 5.50. The summed E-state index contributed by atoms with van der Waals surface area (Å²) in [6, 6.07) is 0.340. The molecule has 1 saturated carbocycles. The number of carbonyl (C=O) groups excluding carboxylic acids is 1. The van der Waals surface area contributed by atoms with Crippen molar-refractivity contribution in [2.45, 2.75) is 38.1 Å². The molecule has 2 rings (SSSR count). The van der Waals surface area contributed by atoms with E-state index in [0.717, 1.165) is 32.4 Å². The minimum absolute atomic E-state index is 0. The molecule has 6 heteroatoms. The Balaban J connectivity index is 0.00000162. The molecule has 0 aromatic heterocycles. The van der Waals surface area contributed by atoms with Gasteiger partial charge in [0.05, 0.1) is 0 Å². The van der Waals surface area contributed by atoms with E-state index in [2.05, 4.69) is 17.3 Å². The molecule has 1 amide bonds. The van der Waals surface area contributed by atoms with Crippen LogP contribution in [0, 0.1) is 11.8 Å². The number of rotatable bonds is 3. The van der Waals surface area contributed by atoms with Crippen LogP contribution in [0.1, 0.15) is 32.1 Å². The molecule has 0 aromatic rings. The van der Waals surface area contributed by atoms with Gasteiger partial charge in [0.25, 0.3) is 0 Å². The molecule has 2 aliphatic rings. The Labute approximate surface area is 128 Å². The second-order valence-electron chi connectivity index (χ2n) is 5.62. The van der Waals surface area contributed by atoms with Crippen LogP contribution in [0.15, 0.2) is 0 Å². The summed E-state index contributed by atoms with van der Waals surface area (Å²) in [7, 11) is 2.12. The highest BCUT2D eigenvalue weighted by atomic mass is 35.5. The molecule has 1 saturated heterocycles. The van der Waals surface area contributed by atoms with Crippen molar-refractivity contribution < 1.29 is 4.79 Å². The first-order valence-electron chi connectivity index (χ1n) is 6.89. The third kappa shape index (κ3) is 5.10. The van der Waals surface area contributed by atoms with Crippen molar-refractivity contribution in [3.8, 4) is 0 Å². The molecular weight excluding hydrogens is 285 g/mol. The van der Waals surface area contributed by atoms with Crippen molar-refractivity contribution in [3.63, 3.8) is 0 Å². The van der Waals surface area contributed by atoms with Gasteiger partial charge in [-0.15, -0.1) is 24.8 Å². The van der Waals surface area contributed by atoms with Gasteiger partial charge in [-0.3, -0.25) is 4.79 Å². The highest BCUT2D eigenvalue weighted by molar-refractivity contribution is 5.85. The molecule has 0 radical (unpaired) electrons. The summed E-state index contributed by atoms with van der Waals surface area (Å²) in [4.78, 5) is 14.4. The van der Waals surface area contributed by atoms with Crippen LogP contribution in [0.5, 0.6) is 0 Å². The maximum absolute atomic E-state index is 12.2. The number of nitrogens with zero attached hydrogens (tertiary/aromatic N) is 1. The molecule has 2 unspecified atom stereocenters. The van der Waals surface area contributed by atoms with Gasteiger partial charge in [-0.1, -0.05) is 6.42 Å². The van der Waals surface area contributed by atoms with Crippen LogP contribution in [-0.2, 0) is 4.79 Å². The number of piperidine rings is 1. The topological polar surface area (TPSA) is 58.4 Å². The first-order valence-corrected chi connectivity index (χ1v) is 6.89. The fraction of sp³-hybridized carbons (Fsp3) is 0.923. The summed E-state index contributed by atoms with van der Waals surface area (Å²) in [5, 5.41) is 3.23. The fourth-order valence-electron chi connectivity index (χ4n) is 3.08. The average Bonchev–Trinajstić information content (AvgIpc) is 2.77. The number of carbonyl (C=O) groups is 1. The zero-order valence-electron chi connectivity index (χ0n) is 11.6. The molecular formula is C13H27Cl2N3O. The molecule has 19 heavy (non-hydrogen) atoms. The van der Waals surface area contributed by atoms with Crippen LogP contribution in [0.2, 0.25) is 0 Å². The number of nitrogens with one attached hydrogen (secondary N) is 1. The van der Waals surface area contributed by atoms with E-state index < -0.39 is 0 Å². The van der Waals surface area contributed by atoms with Gasteiger partial charge >= 0.3 is 0 Å². The first kappa shape index (κ1) is 19.0. The number of nitrogens with two attached hydrogens (primary N) is 1. The minimum Gasteiger partial charge on any atom is -0.353 e. The molecule has 0 spiro atoms. The van der Waals surface area contributed by atoms with Gasteiger partial charge < -0.3 is 16.0 Å². The van der Waals surface area contributed by atoms with Crippen LogP contribution < -0.4 is 11.1 Å². The van der Waals surface area contributed by atoms with Crippen LogP contribution in [0.3, 0.4) is 0 Å². The van der Waals surface area contributed by atoms with E-state index in [4.69, 9.17) is 5.73 Å². The summed E-state index contributed by atoms with van der Waals surface area (Å²) in [6.45, 7) is 2.80. The fourth-order valence-corrected chi connectivity index (χ4v) is 3.08. The summed E-state index contributed by atoms with van der Waals surface area (Å²) >= 11 is 0. The largest absolute Gasteiger partial charge is 0.353 e. The van der Waals surface area contributed by atoms with Crippen molar-refractivity contribution in [3.05, 3.63) is 0 Å². The molecule has 2 fully saturated rings. The number of hydrogen-bond acceptors (Lipinski definition) is 3. The minimum atomic E-state index is 0. The maximum Gasteiger partial charge on any atom is 0.223 e. The SMILES string of the molecule is CN1CCC(C(=O)NC2CCCC2CN)CC1.Cl.Cl. The summed E-state index contributed by atoms with van der Waals surface area (Å²) in [5.74, 6) is 0.999. The smallest absolute Gasteiger partial charge is 0.223 e. The second kappa shape index (κ2) is 9.01. The molecule has 114 valence electrons. The van der Waals surface area contributed by atoms with E-state index in [9.17, 15) is 4.79 Å². The molecule has 2 atom stereocenters. The Morgan fingerprint density at radius 2 is 1.84 bits per heavy atom. The number of amides is 1. The molecule has 0 aromatic carbocycles. The average molecular weight is 312 g/mol.